The van der Waals surface area contributed by atoms with Crippen LogP contribution in [0.3, 0.4) is 0 Å². The monoisotopic (exact) mass is 464 g/mol. The van der Waals surface area contributed by atoms with Gasteiger partial charge in [0.2, 0.25) is 21.7 Å². The highest BCUT2D eigenvalue weighted by molar-refractivity contribution is 9.10. The van der Waals surface area contributed by atoms with Gasteiger partial charge in [-0.3, -0.25) is 14.6 Å². The van der Waals surface area contributed by atoms with Gasteiger partial charge in [0.1, 0.15) is 0 Å². The summed E-state index contributed by atoms with van der Waals surface area (Å²) in [5, 5.41) is 8.53. The molecule has 12 heteroatoms. The summed E-state index contributed by atoms with van der Waals surface area (Å²) in [6, 6.07) is 4.73. The number of nitrogens with one attached hydrogen (secondary N) is 1. The molecule has 0 unspecified atom stereocenters. The van der Waals surface area contributed by atoms with Gasteiger partial charge in [-0.1, -0.05) is 11.6 Å². The van der Waals surface area contributed by atoms with Crippen molar-refractivity contribution < 1.29 is 22.5 Å². The molecule has 3 rings (SSSR count). The standard InChI is InChI=1S/C14H15BrClN5O4S/c1-10-8-11(16)2-3-12(10)26(23,24)20-6-4-19(5-7-20)21-13(15)14(17-9-22)25-18-21/h2-3,8-9H,4-7H2,1H3/p+1. The second kappa shape index (κ2) is 7.51. The van der Waals surface area contributed by atoms with Crippen LogP contribution in [0.1, 0.15) is 5.56 Å². The Morgan fingerprint density at radius 3 is 2.65 bits per heavy atom. The summed E-state index contributed by atoms with van der Waals surface area (Å²) >= 11 is 9.21. The van der Waals surface area contributed by atoms with Gasteiger partial charge in [0.05, 0.1) is 22.8 Å². The molecule has 26 heavy (non-hydrogen) atoms. The van der Waals surface area contributed by atoms with Crippen LogP contribution >= 0.6 is 27.5 Å². The molecule has 2 aromatic rings. The number of aryl methyl sites for hydroxylation is 1. The lowest BCUT2D eigenvalue weighted by molar-refractivity contribution is -0.768. The van der Waals surface area contributed by atoms with Crippen LogP contribution in [0.4, 0.5) is 5.88 Å². The highest BCUT2D eigenvalue weighted by Crippen LogP contribution is 2.24. The first-order chi connectivity index (χ1) is 12.3. The minimum absolute atomic E-state index is 0.173. The number of halogens is 2. The van der Waals surface area contributed by atoms with Gasteiger partial charge in [0.25, 0.3) is 0 Å². The summed E-state index contributed by atoms with van der Waals surface area (Å²) in [5.41, 5.74) is 0.609. The lowest BCUT2D eigenvalue weighted by Crippen LogP contribution is -2.66. The number of amides is 1. The van der Waals surface area contributed by atoms with E-state index >= 15 is 0 Å². The van der Waals surface area contributed by atoms with Crippen LogP contribution in [0.15, 0.2) is 32.2 Å². The summed E-state index contributed by atoms with van der Waals surface area (Å²) < 4.78 is 32.7. The van der Waals surface area contributed by atoms with Crippen LogP contribution in [0.5, 0.6) is 0 Å². The topological polar surface area (TPSA) is 99.6 Å². The molecule has 0 atom stereocenters. The molecular weight excluding hydrogens is 450 g/mol. The predicted molar refractivity (Wildman–Crippen MR) is 97.0 cm³/mol. The average molecular weight is 466 g/mol. The molecule has 0 saturated carbocycles. The molecule has 0 radical (unpaired) electrons. The molecule has 1 N–H and O–H groups in total. The third-order valence-electron chi connectivity index (χ3n) is 4.00. The molecule has 1 aliphatic heterocycles. The molecule has 1 aliphatic rings. The zero-order valence-electron chi connectivity index (χ0n) is 13.7. The Hall–Kier alpha value is -1.69. The van der Waals surface area contributed by atoms with Gasteiger partial charge in [-0.15, -0.1) is 5.01 Å². The van der Waals surface area contributed by atoms with Crippen molar-refractivity contribution in [1.82, 2.24) is 9.58 Å². The number of anilines is 1. The number of carbonyl (C=O) groups excluding carboxylic acids is 1. The largest absolute Gasteiger partial charge is 0.372 e. The van der Waals surface area contributed by atoms with Crippen LogP contribution in [0.2, 0.25) is 5.02 Å². The maximum atomic E-state index is 12.9. The Balaban J connectivity index is 1.74. The summed E-state index contributed by atoms with van der Waals surface area (Å²) in [6.07, 6.45) is 0.481. The molecular formula is C14H16BrClN5O4S+. The SMILES string of the molecule is Cc1cc(Cl)ccc1S(=O)(=O)N1CCN([n+]2noc(NC=O)c2Br)CC1. The highest BCUT2D eigenvalue weighted by atomic mass is 79.9. The number of aromatic nitrogens is 2. The number of hydrogen-bond acceptors (Lipinski definition) is 6. The van der Waals surface area contributed by atoms with Crippen molar-refractivity contribution in [2.45, 2.75) is 11.8 Å². The van der Waals surface area contributed by atoms with Gasteiger partial charge in [0.15, 0.2) is 0 Å². The second-order valence-electron chi connectivity index (χ2n) is 5.61. The first-order valence-corrected chi connectivity index (χ1v) is 10.2. The second-order valence-corrected chi connectivity index (χ2v) is 8.71. The number of hydrogen-bond donors (Lipinski definition) is 1. The van der Waals surface area contributed by atoms with Crippen molar-refractivity contribution in [1.29, 1.82) is 0 Å². The zero-order valence-corrected chi connectivity index (χ0v) is 16.9. The average Bonchev–Trinajstić information content (AvgIpc) is 2.96. The van der Waals surface area contributed by atoms with E-state index in [-0.39, 0.29) is 23.9 Å². The fourth-order valence-electron chi connectivity index (χ4n) is 2.71. The summed E-state index contributed by atoms with van der Waals surface area (Å²) in [6.45, 7) is 3.10. The van der Waals surface area contributed by atoms with Crippen molar-refractivity contribution in [3.63, 3.8) is 0 Å². The third-order valence-corrected chi connectivity index (χ3v) is 6.97. The van der Waals surface area contributed by atoms with E-state index < -0.39 is 10.0 Å². The number of nitrogens with zero attached hydrogens (tertiary/aromatic N) is 4. The fourth-order valence-corrected chi connectivity index (χ4v) is 5.04. The normalized spacial score (nSPS) is 15.9. The molecule has 2 heterocycles. The van der Waals surface area contributed by atoms with E-state index in [0.717, 1.165) is 0 Å². The molecule has 0 bridgehead atoms. The molecule has 0 aliphatic carbocycles. The number of benzene rings is 1. The minimum atomic E-state index is -3.60. The number of piperazine rings is 1. The molecule has 9 nitrogen and oxygen atoms in total. The van der Waals surface area contributed by atoms with Gasteiger partial charge in [0, 0.05) is 34.0 Å². The Kier molecular flexibility index (Phi) is 5.51. The Morgan fingerprint density at radius 1 is 1.35 bits per heavy atom. The summed E-state index contributed by atoms with van der Waals surface area (Å²) in [5.74, 6) is 0.173. The highest BCUT2D eigenvalue weighted by Gasteiger charge is 2.35. The lowest BCUT2D eigenvalue weighted by Gasteiger charge is -2.29. The van der Waals surface area contributed by atoms with Crippen LogP contribution in [0.25, 0.3) is 0 Å². The van der Waals surface area contributed by atoms with Crippen LogP contribution in [-0.4, -0.2) is 50.6 Å². The van der Waals surface area contributed by atoms with Crippen molar-refractivity contribution in [3.8, 4) is 0 Å². The quantitative estimate of drug-likeness (QED) is 0.520. The molecule has 0 spiro atoms. The molecule has 1 fully saturated rings. The summed E-state index contributed by atoms with van der Waals surface area (Å²) in [7, 11) is -3.60. The van der Waals surface area contributed by atoms with Gasteiger partial charge in [-0.2, -0.15) is 4.31 Å². The van der Waals surface area contributed by atoms with Gasteiger partial charge < -0.3 is 0 Å². The van der Waals surface area contributed by atoms with Gasteiger partial charge in [-0.05, 0) is 30.7 Å². The van der Waals surface area contributed by atoms with E-state index in [1.54, 1.807) is 19.1 Å². The van der Waals surface area contributed by atoms with Crippen molar-refractivity contribution >= 4 is 49.8 Å². The number of sulfonamides is 1. The Morgan fingerprint density at radius 2 is 2.04 bits per heavy atom. The smallest absolute Gasteiger partial charge is 0.290 e. The van der Waals surface area contributed by atoms with Gasteiger partial charge >= 0.3 is 10.5 Å². The maximum Gasteiger partial charge on any atom is 0.372 e. The summed E-state index contributed by atoms with van der Waals surface area (Å²) in [4.78, 5) is 12.2. The van der Waals surface area contributed by atoms with Crippen LogP contribution in [0, 0.1) is 6.92 Å². The van der Waals surface area contributed by atoms with E-state index in [2.05, 4.69) is 26.5 Å². The van der Waals surface area contributed by atoms with Gasteiger partial charge in [-0.25, -0.2) is 8.42 Å². The minimum Gasteiger partial charge on any atom is -0.290 e. The molecule has 1 aromatic heterocycles. The fraction of sp³-hybridized carbons (Fsp3) is 0.357. The molecule has 1 saturated heterocycles. The number of rotatable bonds is 5. The molecule has 1 aromatic carbocycles. The Bertz CT molecular complexity index is 927. The molecule has 140 valence electrons. The van der Waals surface area contributed by atoms with E-state index in [9.17, 15) is 13.2 Å². The maximum absolute atomic E-state index is 12.9. The van der Waals surface area contributed by atoms with E-state index in [0.29, 0.717) is 34.7 Å². The third kappa shape index (κ3) is 3.56. The number of carbonyl (C=O) groups is 1. The van der Waals surface area contributed by atoms with Crippen molar-refractivity contribution in [2.24, 2.45) is 0 Å². The van der Waals surface area contributed by atoms with Crippen molar-refractivity contribution in [3.05, 3.63) is 33.4 Å². The van der Waals surface area contributed by atoms with E-state index in [1.165, 1.54) is 15.2 Å². The first kappa shape index (κ1) is 19.1. The van der Waals surface area contributed by atoms with E-state index in [4.69, 9.17) is 16.1 Å². The lowest BCUT2D eigenvalue weighted by atomic mass is 10.2. The van der Waals surface area contributed by atoms with Crippen molar-refractivity contribution in [2.75, 3.05) is 36.5 Å². The Labute approximate surface area is 163 Å². The zero-order chi connectivity index (χ0) is 18.9. The van der Waals surface area contributed by atoms with E-state index in [1.807, 2.05) is 5.01 Å². The first-order valence-electron chi connectivity index (χ1n) is 7.64. The predicted octanol–water partition coefficient (Wildman–Crippen LogP) is 0.897. The van der Waals surface area contributed by atoms with Crippen LogP contribution < -0.4 is 15.1 Å². The van der Waals surface area contributed by atoms with Crippen LogP contribution in [-0.2, 0) is 14.8 Å². The molecule has 1 amide bonds.